The predicted octanol–water partition coefficient (Wildman–Crippen LogP) is 5.12. The minimum atomic E-state index is 0.565. The van der Waals surface area contributed by atoms with Gasteiger partial charge >= 0.3 is 0 Å². The second kappa shape index (κ2) is 7.83. The van der Waals surface area contributed by atoms with Crippen LogP contribution >= 0.6 is 0 Å². The zero-order valence-corrected chi connectivity index (χ0v) is 13.5. The molecule has 3 atom stereocenters. The molecule has 1 aliphatic rings. The Morgan fingerprint density at radius 1 is 1.25 bits per heavy atom. The van der Waals surface area contributed by atoms with Crippen LogP contribution in [0.15, 0.2) is 24.3 Å². The van der Waals surface area contributed by atoms with Gasteiger partial charge in [-0.05, 0) is 49.3 Å². The average molecular weight is 273 g/mol. The van der Waals surface area contributed by atoms with E-state index in [1.165, 1.54) is 44.9 Å². The van der Waals surface area contributed by atoms with Gasteiger partial charge in [-0.15, -0.1) is 0 Å². The van der Waals surface area contributed by atoms with Crippen molar-refractivity contribution >= 4 is 0 Å². The number of rotatable bonds is 7. The molecule has 20 heavy (non-hydrogen) atoms. The molecule has 1 heteroatoms. The van der Waals surface area contributed by atoms with Crippen LogP contribution in [0.5, 0.6) is 0 Å². The highest BCUT2D eigenvalue weighted by Gasteiger charge is 2.29. The first-order valence-electron chi connectivity index (χ1n) is 8.55. The standard InChI is InChI=1S/C19H31N/c1-4-6-9-15(5-2)14-17-13-12-16-10-7-8-11-18(16)19(17)20-3/h7-8,10-11,15,17,19-20H,4-6,9,12-14H2,1-3H3. The van der Waals surface area contributed by atoms with Crippen molar-refractivity contribution in [3.05, 3.63) is 35.4 Å². The highest BCUT2D eigenvalue weighted by Crippen LogP contribution is 2.38. The van der Waals surface area contributed by atoms with Crippen LogP contribution in [0.25, 0.3) is 0 Å². The number of hydrogen-bond acceptors (Lipinski definition) is 1. The molecule has 0 heterocycles. The highest BCUT2D eigenvalue weighted by molar-refractivity contribution is 5.32. The van der Waals surface area contributed by atoms with Gasteiger partial charge in [0.15, 0.2) is 0 Å². The van der Waals surface area contributed by atoms with Gasteiger partial charge in [0.25, 0.3) is 0 Å². The lowest BCUT2D eigenvalue weighted by molar-refractivity contribution is 0.254. The molecule has 1 nitrogen and oxygen atoms in total. The van der Waals surface area contributed by atoms with Crippen LogP contribution in [0.1, 0.15) is 69.5 Å². The van der Waals surface area contributed by atoms with Crippen molar-refractivity contribution in [2.75, 3.05) is 7.05 Å². The molecule has 0 bridgehead atoms. The summed E-state index contributed by atoms with van der Waals surface area (Å²) in [6.45, 7) is 4.67. The molecule has 0 aliphatic heterocycles. The van der Waals surface area contributed by atoms with E-state index in [2.05, 4.69) is 50.5 Å². The zero-order chi connectivity index (χ0) is 14.4. The smallest absolute Gasteiger partial charge is 0.0349 e. The Kier molecular flexibility index (Phi) is 6.09. The monoisotopic (exact) mass is 273 g/mol. The van der Waals surface area contributed by atoms with Crippen LogP contribution in [0.3, 0.4) is 0 Å². The summed E-state index contributed by atoms with van der Waals surface area (Å²) in [6.07, 6.45) is 9.51. The third-order valence-corrected chi connectivity index (χ3v) is 5.14. The number of unbranched alkanes of at least 4 members (excludes halogenated alkanes) is 1. The summed E-state index contributed by atoms with van der Waals surface area (Å²) < 4.78 is 0. The molecule has 1 N–H and O–H groups in total. The minimum absolute atomic E-state index is 0.565. The van der Waals surface area contributed by atoms with Crippen molar-refractivity contribution in [1.29, 1.82) is 0 Å². The second-order valence-corrected chi connectivity index (χ2v) is 6.42. The van der Waals surface area contributed by atoms with E-state index in [0.717, 1.165) is 11.8 Å². The van der Waals surface area contributed by atoms with Gasteiger partial charge < -0.3 is 5.32 Å². The molecule has 0 spiro atoms. The van der Waals surface area contributed by atoms with E-state index in [9.17, 15) is 0 Å². The van der Waals surface area contributed by atoms with Crippen molar-refractivity contribution in [2.24, 2.45) is 11.8 Å². The zero-order valence-electron chi connectivity index (χ0n) is 13.5. The molecule has 1 aromatic rings. The van der Waals surface area contributed by atoms with Crippen molar-refractivity contribution in [3.63, 3.8) is 0 Å². The van der Waals surface area contributed by atoms with E-state index in [-0.39, 0.29) is 0 Å². The topological polar surface area (TPSA) is 12.0 Å². The Balaban J connectivity index is 2.05. The van der Waals surface area contributed by atoms with Gasteiger partial charge in [0, 0.05) is 6.04 Å². The van der Waals surface area contributed by atoms with Gasteiger partial charge in [0.2, 0.25) is 0 Å². The second-order valence-electron chi connectivity index (χ2n) is 6.42. The van der Waals surface area contributed by atoms with Gasteiger partial charge in [-0.2, -0.15) is 0 Å². The molecule has 0 fully saturated rings. The lowest BCUT2D eigenvalue weighted by atomic mass is 9.74. The first-order valence-corrected chi connectivity index (χ1v) is 8.55. The summed E-state index contributed by atoms with van der Waals surface area (Å²) in [4.78, 5) is 0. The fraction of sp³-hybridized carbons (Fsp3) is 0.684. The number of benzene rings is 1. The fourth-order valence-electron chi connectivity index (χ4n) is 3.88. The third-order valence-electron chi connectivity index (χ3n) is 5.14. The number of aryl methyl sites for hydroxylation is 1. The maximum absolute atomic E-state index is 3.60. The van der Waals surface area contributed by atoms with Crippen LogP contribution < -0.4 is 5.32 Å². The van der Waals surface area contributed by atoms with E-state index < -0.39 is 0 Å². The van der Waals surface area contributed by atoms with E-state index >= 15 is 0 Å². The van der Waals surface area contributed by atoms with Gasteiger partial charge in [-0.3, -0.25) is 0 Å². The van der Waals surface area contributed by atoms with E-state index in [1.54, 1.807) is 11.1 Å². The molecule has 1 aliphatic carbocycles. The summed E-state index contributed by atoms with van der Waals surface area (Å²) in [6, 6.07) is 9.58. The molecular weight excluding hydrogens is 242 g/mol. The lowest BCUT2D eigenvalue weighted by Gasteiger charge is -2.35. The molecule has 0 saturated heterocycles. The van der Waals surface area contributed by atoms with Crippen molar-refractivity contribution in [3.8, 4) is 0 Å². The molecule has 3 unspecified atom stereocenters. The third kappa shape index (κ3) is 3.63. The molecule has 2 rings (SSSR count). The minimum Gasteiger partial charge on any atom is -0.313 e. The molecule has 0 amide bonds. The van der Waals surface area contributed by atoms with Gasteiger partial charge in [-0.25, -0.2) is 0 Å². The average Bonchev–Trinajstić information content (AvgIpc) is 2.50. The summed E-state index contributed by atoms with van der Waals surface area (Å²) in [5.74, 6) is 1.73. The Bertz CT molecular complexity index is 399. The van der Waals surface area contributed by atoms with Crippen LogP contribution in [-0.2, 0) is 6.42 Å². The molecule has 0 aromatic heterocycles. The van der Waals surface area contributed by atoms with E-state index in [4.69, 9.17) is 0 Å². The largest absolute Gasteiger partial charge is 0.313 e. The fourth-order valence-corrected chi connectivity index (χ4v) is 3.88. The molecular formula is C19H31N. The molecule has 112 valence electrons. The number of nitrogens with one attached hydrogen (secondary N) is 1. The summed E-state index contributed by atoms with van der Waals surface area (Å²) in [5, 5.41) is 3.60. The quantitative estimate of drug-likeness (QED) is 0.727. The van der Waals surface area contributed by atoms with Gasteiger partial charge in [0.1, 0.15) is 0 Å². The van der Waals surface area contributed by atoms with E-state index in [0.29, 0.717) is 6.04 Å². The van der Waals surface area contributed by atoms with Crippen LogP contribution in [0, 0.1) is 11.8 Å². The first-order chi connectivity index (χ1) is 9.80. The summed E-state index contributed by atoms with van der Waals surface area (Å²) >= 11 is 0. The molecule has 0 saturated carbocycles. The highest BCUT2D eigenvalue weighted by atomic mass is 14.9. The lowest BCUT2D eigenvalue weighted by Crippen LogP contribution is -2.31. The first kappa shape index (κ1) is 15.6. The molecule has 0 radical (unpaired) electrons. The Morgan fingerprint density at radius 3 is 2.75 bits per heavy atom. The molecule has 1 aromatic carbocycles. The van der Waals surface area contributed by atoms with Crippen LogP contribution in [0.4, 0.5) is 0 Å². The normalized spacial score (nSPS) is 23.4. The Labute approximate surface area is 125 Å². The maximum Gasteiger partial charge on any atom is 0.0349 e. The number of fused-ring (bicyclic) bond motifs is 1. The van der Waals surface area contributed by atoms with Crippen LogP contribution in [-0.4, -0.2) is 7.05 Å². The van der Waals surface area contributed by atoms with Crippen LogP contribution in [0.2, 0.25) is 0 Å². The summed E-state index contributed by atoms with van der Waals surface area (Å²) in [5.41, 5.74) is 3.11. The van der Waals surface area contributed by atoms with Crippen molar-refractivity contribution in [1.82, 2.24) is 5.32 Å². The van der Waals surface area contributed by atoms with Crippen molar-refractivity contribution in [2.45, 2.75) is 64.8 Å². The number of hydrogen-bond donors (Lipinski definition) is 1. The maximum atomic E-state index is 3.60. The predicted molar refractivity (Wildman–Crippen MR) is 88.0 cm³/mol. The van der Waals surface area contributed by atoms with Gasteiger partial charge in [0.05, 0.1) is 0 Å². The van der Waals surface area contributed by atoms with E-state index in [1.807, 2.05) is 0 Å². The Hall–Kier alpha value is -0.820. The summed E-state index contributed by atoms with van der Waals surface area (Å²) in [7, 11) is 2.13. The SMILES string of the molecule is CCCCC(CC)CC1CCc2ccccc2C1NC. The Morgan fingerprint density at radius 2 is 2.05 bits per heavy atom. The van der Waals surface area contributed by atoms with Crippen molar-refractivity contribution < 1.29 is 0 Å². The van der Waals surface area contributed by atoms with Gasteiger partial charge in [-0.1, -0.05) is 63.8 Å².